The van der Waals surface area contributed by atoms with Gasteiger partial charge in [-0.2, -0.15) is 0 Å². The molecule has 35 heavy (non-hydrogen) atoms. The Hall–Kier alpha value is -3.00. The third kappa shape index (κ3) is 5.99. The highest BCUT2D eigenvalue weighted by Crippen LogP contribution is 2.36. The predicted octanol–water partition coefficient (Wildman–Crippen LogP) is 5.40. The number of aliphatic carboxylic acids is 1. The summed E-state index contributed by atoms with van der Waals surface area (Å²) in [6, 6.07) is 14.5. The van der Waals surface area contributed by atoms with Crippen LogP contribution in [0.5, 0.6) is 0 Å². The van der Waals surface area contributed by atoms with Crippen molar-refractivity contribution < 1.29 is 19.8 Å². The molecule has 0 spiro atoms. The quantitative estimate of drug-likeness (QED) is 0.371. The molecule has 1 unspecified atom stereocenters. The highest BCUT2D eigenvalue weighted by Gasteiger charge is 2.34. The summed E-state index contributed by atoms with van der Waals surface area (Å²) in [4.78, 5) is 34.8. The number of carboxylic acid groups (broad SMARTS) is 1. The van der Waals surface area contributed by atoms with E-state index < -0.39 is 18.0 Å². The molecule has 0 bridgehead atoms. The van der Waals surface area contributed by atoms with Crippen molar-refractivity contribution in [1.29, 1.82) is 0 Å². The van der Waals surface area contributed by atoms with Crippen LogP contribution in [-0.2, 0) is 16.0 Å². The summed E-state index contributed by atoms with van der Waals surface area (Å²) in [5.41, 5.74) is 3.37. The second-order valence-corrected chi connectivity index (χ2v) is 9.35. The van der Waals surface area contributed by atoms with Crippen molar-refractivity contribution in [2.45, 2.75) is 44.6 Å². The number of hydrogen-bond acceptors (Lipinski definition) is 5. The Morgan fingerprint density at radius 1 is 0.886 bits per heavy atom. The maximum absolute atomic E-state index is 12.9. The molecule has 7 nitrogen and oxygen atoms in total. The molecule has 0 saturated heterocycles. The Balaban J connectivity index is 1.70. The first-order chi connectivity index (χ1) is 16.8. The molecular weight excluding hydrogens is 489 g/mol. The van der Waals surface area contributed by atoms with Crippen LogP contribution in [0.25, 0.3) is 22.5 Å². The lowest BCUT2D eigenvalue weighted by molar-refractivity contribution is -0.137. The maximum atomic E-state index is 12.9. The molecule has 1 aromatic heterocycles. The van der Waals surface area contributed by atoms with Gasteiger partial charge in [0.15, 0.2) is 5.82 Å². The van der Waals surface area contributed by atoms with Gasteiger partial charge in [0.1, 0.15) is 6.10 Å². The lowest BCUT2D eigenvalue weighted by Crippen LogP contribution is -2.46. The first-order valence-electron chi connectivity index (χ1n) is 11.5. The smallest absolute Gasteiger partial charge is 0.303 e. The molecule has 4 rings (SSSR count). The molecule has 2 N–H and O–H groups in total. The predicted molar refractivity (Wildman–Crippen MR) is 136 cm³/mol. The zero-order chi connectivity index (χ0) is 24.9. The minimum Gasteiger partial charge on any atom is -0.481 e. The van der Waals surface area contributed by atoms with Crippen LogP contribution in [0.15, 0.2) is 48.5 Å². The van der Waals surface area contributed by atoms with Crippen molar-refractivity contribution in [2.24, 2.45) is 0 Å². The van der Waals surface area contributed by atoms with E-state index in [1.165, 1.54) is 4.90 Å². The Morgan fingerprint density at radius 3 is 2.00 bits per heavy atom. The van der Waals surface area contributed by atoms with Gasteiger partial charge in [-0.15, -0.1) is 0 Å². The summed E-state index contributed by atoms with van der Waals surface area (Å²) < 4.78 is 0. The number of amides is 1. The summed E-state index contributed by atoms with van der Waals surface area (Å²) in [7, 11) is 0. The molecule has 182 valence electrons. The zero-order valence-corrected chi connectivity index (χ0v) is 20.5. The SMILES string of the molecule is O=C(O)CCCCCCN1C(=O)C(O)Cc2nc(-c3ccc(Cl)cc3)c(-c3ccc(Cl)cc3)nc21. The second kappa shape index (κ2) is 11.2. The first kappa shape index (κ1) is 25.1. The van der Waals surface area contributed by atoms with E-state index in [4.69, 9.17) is 38.3 Å². The number of carboxylic acids is 1. The molecular formula is C26H25Cl2N3O4. The average Bonchev–Trinajstić information content (AvgIpc) is 2.83. The molecule has 1 aliphatic rings. The highest BCUT2D eigenvalue weighted by molar-refractivity contribution is 6.31. The average molecular weight is 514 g/mol. The number of aliphatic hydroxyl groups excluding tert-OH is 1. The van der Waals surface area contributed by atoms with Crippen molar-refractivity contribution in [3.8, 4) is 22.5 Å². The largest absolute Gasteiger partial charge is 0.481 e. The van der Waals surface area contributed by atoms with E-state index in [0.29, 0.717) is 52.3 Å². The number of halogens is 2. The van der Waals surface area contributed by atoms with Crippen molar-refractivity contribution in [2.75, 3.05) is 11.4 Å². The van der Waals surface area contributed by atoms with Gasteiger partial charge in [0.2, 0.25) is 0 Å². The summed E-state index contributed by atoms with van der Waals surface area (Å²) in [6.45, 7) is 0.366. The molecule has 3 aromatic rings. The number of unbranched alkanes of at least 4 members (excludes halogenated alkanes) is 3. The number of aliphatic hydroxyl groups is 1. The Morgan fingerprint density at radius 2 is 1.43 bits per heavy atom. The van der Waals surface area contributed by atoms with Crippen molar-refractivity contribution >= 4 is 40.9 Å². The Labute approximate surface area is 213 Å². The van der Waals surface area contributed by atoms with Crippen LogP contribution >= 0.6 is 23.2 Å². The van der Waals surface area contributed by atoms with Crippen LogP contribution in [0.3, 0.4) is 0 Å². The van der Waals surface area contributed by atoms with Gasteiger partial charge in [-0.25, -0.2) is 9.97 Å². The van der Waals surface area contributed by atoms with Crippen molar-refractivity contribution in [3.05, 3.63) is 64.3 Å². The van der Waals surface area contributed by atoms with E-state index in [0.717, 1.165) is 24.0 Å². The van der Waals surface area contributed by atoms with E-state index in [1.807, 2.05) is 24.3 Å². The minimum absolute atomic E-state index is 0.0811. The summed E-state index contributed by atoms with van der Waals surface area (Å²) >= 11 is 12.2. The number of fused-ring (bicyclic) bond motifs is 1. The fourth-order valence-corrected chi connectivity index (χ4v) is 4.35. The van der Waals surface area contributed by atoms with Crippen LogP contribution < -0.4 is 4.90 Å². The molecule has 0 aliphatic carbocycles. The molecule has 1 amide bonds. The molecule has 0 radical (unpaired) electrons. The van der Waals surface area contributed by atoms with E-state index in [2.05, 4.69) is 0 Å². The number of rotatable bonds is 9. The number of carbonyl (C=O) groups excluding carboxylic acids is 1. The standard InChI is InChI=1S/C26H25Cl2N3O4/c27-18-10-6-16(7-11-18)23-24(17-8-12-19(28)13-9-17)30-25-20(29-23)15-21(32)26(35)31(25)14-4-2-1-3-5-22(33)34/h6-13,21,32H,1-5,14-15H2,(H,33,34). The van der Waals surface area contributed by atoms with E-state index in [1.54, 1.807) is 24.3 Å². The number of hydrogen-bond donors (Lipinski definition) is 2. The highest BCUT2D eigenvalue weighted by atomic mass is 35.5. The number of aromatic nitrogens is 2. The monoisotopic (exact) mass is 513 g/mol. The Kier molecular flexibility index (Phi) is 8.00. The third-order valence-corrected chi connectivity index (χ3v) is 6.40. The summed E-state index contributed by atoms with van der Waals surface area (Å²) in [5, 5.41) is 20.4. The van der Waals surface area contributed by atoms with Gasteiger partial charge < -0.3 is 10.2 Å². The van der Waals surface area contributed by atoms with Gasteiger partial charge >= 0.3 is 5.97 Å². The molecule has 1 aliphatic heterocycles. The van der Waals surface area contributed by atoms with Crippen molar-refractivity contribution in [3.63, 3.8) is 0 Å². The minimum atomic E-state index is -1.19. The molecule has 0 fully saturated rings. The number of anilines is 1. The van der Waals surface area contributed by atoms with E-state index in [9.17, 15) is 14.7 Å². The van der Waals surface area contributed by atoms with Crippen LogP contribution in [0.1, 0.15) is 37.8 Å². The van der Waals surface area contributed by atoms with Gasteiger partial charge in [-0.3, -0.25) is 14.5 Å². The lowest BCUT2D eigenvalue weighted by Gasteiger charge is -2.31. The number of carbonyl (C=O) groups is 2. The zero-order valence-electron chi connectivity index (χ0n) is 19.0. The third-order valence-electron chi connectivity index (χ3n) is 5.90. The van der Waals surface area contributed by atoms with Gasteiger partial charge in [0.25, 0.3) is 5.91 Å². The molecule has 2 aromatic carbocycles. The molecule has 1 atom stereocenters. The fraction of sp³-hybridized carbons (Fsp3) is 0.308. The maximum Gasteiger partial charge on any atom is 0.303 e. The lowest BCUT2D eigenvalue weighted by atomic mass is 10.0. The normalized spacial score (nSPS) is 15.2. The van der Waals surface area contributed by atoms with Gasteiger partial charge in [0.05, 0.1) is 17.1 Å². The summed E-state index contributed by atoms with van der Waals surface area (Å²) in [6.07, 6.45) is 1.79. The Bertz CT molecular complexity index is 1220. The topological polar surface area (TPSA) is 104 Å². The number of nitrogens with zero attached hydrogens (tertiary/aromatic N) is 3. The van der Waals surface area contributed by atoms with Crippen LogP contribution in [0.4, 0.5) is 5.82 Å². The number of benzene rings is 2. The van der Waals surface area contributed by atoms with Gasteiger partial charge in [0, 0.05) is 40.6 Å². The summed E-state index contributed by atoms with van der Waals surface area (Å²) in [5.74, 6) is -0.776. The van der Waals surface area contributed by atoms with E-state index in [-0.39, 0.29) is 12.8 Å². The van der Waals surface area contributed by atoms with Crippen LogP contribution in [0, 0.1) is 0 Å². The van der Waals surface area contributed by atoms with Gasteiger partial charge in [-0.05, 0) is 37.1 Å². The fourth-order valence-electron chi connectivity index (χ4n) is 4.10. The van der Waals surface area contributed by atoms with Crippen LogP contribution in [-0.4, -0.2) is 44.7 Å². The molecule has 9 heteroatoms. The van der Waals surface area contributed by atoms with Crippen molar-refractivity contribution in [1.82, 2.24) is 9.97 Å². The molecule has 0 saturated carbocycles. The van der Waals surface area contributed by atoms with Crippen LogP contribution in [0.2, 0.25) is 10.0 Å². The second-order valence-electron chi connectivity index (χ2n) is 8.47. The van der Waals surface area contributed by atoms with E-state index >= 15 is 0 Å². The van der Waals surface area contributed by atoms with Gasteiger partial charge in [-0.1, -0.05) is 60.3 Å². The molecule has 2 heterocycles. The first-order valence-corrected chi connectivity index (χ1v) is 12.2.